The van der Waals surface area contributed by atoms with Gasteiger partial charge >= 0.3 is 0 Å². The minimum absolute atomic E-state index is 0.219. The van der Waals surface area contributed by atoms with E-state index in [0.29, 0.717) is 28.8 Å². The highest BCUT2D eigenvalue weighted by atomic mass is 35.5. The van der Waals surface area contributed by atoms with Crippen molar-refractivity contribution in [3.8, 4) is 5.75 Å². The first-order chi connectivity index (χ1) is 14.5. The molecule has 3 amide bonds. The Morgan fingerprint density at radius 1 is 1.10 bits per heavy atom. The van der Waals surface area contributed by atoms with Crippen LogP contribution in [0.5, 0.6) is 5.75 Å². The summed E-state index contributed by atoms with van der Waals surface area (Å²) in [5.41, 5.74) is 0.977. The summed E-state index contributed by atoms with van der Waals surface area (Å²) in [7, 11) is 0. The van der Waals surface area contributed by atoms with Crippen LogP contribution >= 0.6 is 11.6 Å². The van der Waals surface area contributed by atoms with Crippen molar-refractivity contribution in [2.75, 3.05) is 23.4 Å². The van der Waals surface area contributed by atoms with Gasteiger partial charge in [-0.25, -0.2) is 4.90 Å². The maximum absolute atomic E-state index is 13.0. The Hall–Kier alpha value is -3.46. The van der Waals surface area contributed by atoms with Crippen LogP contribution in [0.4, 0.5) is 11.4 Å². The van der Waals surface area contributed by atoms with E-state index in [1.807, 2.05) is 6.92 Å². The Kier molecular flexibility index (Phi) is 5.37. The molecule has 0 saturated carbocycles. The first kappa shape index (κ1) is 19.8. The summed E-state index contributed by atoms with van der Waals surface area (Å²) in [6, 6.07) is 11.4. The minimum Gasteiger partial charge on any atom is -0.494 e. The summed E-state index contributed by atoms with van der Waals surface area (Å²) in [6.45, 7) is 2.16. The molecule has 0 bridgehead atoms. The van der Waals surface area contributed by atoms with Crippen molar-refractivity contribution in [2.24, 2.45) is 10.3 Å². The van der Waals surface area contributed by atoms with E-state index >= 15 is 0 Å². The van der Waals surface area contributed by atoms with E-state index in [-0.39, 0.29) is 6.54 Å². The molecular weight excluding hydrogens is 410 g/mol. The minimum atomic E-state index is -0.965. The van der Waals surface area contributed by atoms with Gasteiger partial charge in [-0.05, 0) is 55.5 Å². The van der Waals surface area contributed by atoms with E-state index in [4.69, 9.17) is 16.3 Å². The largest absolute Gasteiger partial charge is 0.494 e. The number of hydrogen-bond donors (Lipinski definition) is 1. The molecule has 2 aliphatic heterocycles. The molecule has 2 atom stereocenters. The van der Waals surface area contributed by atoms with Crippen LogP contribution in [0.1, 0.15) is 6.92 Å². The zero-order valence-corrected chi connectivity index (χ0v) is 16.7. The zero-order chi connectivity index (χ0) is 21.3. The summed E-state index contributed by atoms with van der Waals surface area (Å²) in [5.74, 6) is -0.700. The first-order valence-electron chi connectivity index (χ1n) is 9.31. The highest BCUT2D eigenvalue weighted by Crippen LogP contribution is 2.32. The molecule has 30 heavy (non-hydrogen) atoms. The van der Waals surface area contributed by atoms with Crippen molar-refractivity contribution >= 4 is 40.7 Å². The van der Waals surface area contributed by atoms with E-state index in [1.165, 1.54) is 5.01 Å². The molecule has 1 N–H and O–H groups in total. The van der Waals surface area contributed by atoms with Gasteiger partial charge < -0.3 is 10.1 Å². The van der Waals surface area contributed by atoms with E-state index in [1.54, 1.807) is 48.5 Å². The molecule has 10 heteroatoms. The molecule has 0 spiro atoms. The van der Waals surface area contributed by atoms with Gasteiger partial charge in [0.05, 0.1) is 12.3 Å². The zero-order valence-electron chi connectivity index (χ0n) is 16.0. The van der Waals surface area contributed by atoms with Crippen LogP contribution in [0, 0.1) is 0 Å². The third-order valence-corrected chi connectivity index (χ3v) is 4.95. The number of anilines is 2. The average molecular weight is 428 g/mol. The molecule has 0 aliphatic carbocycles. The highest BCUT2D eigenvalue weighted by molar-refractivity contribution is 6.30. The van der Waals surface area contributed by atoms with Gasteiger partial charge in [-0.15, -0.1) is 0 Å². The molecule has 2 aliphatic rings. The number of halogens is 1. The van der Waals surface area contributed by atoms with Gasteiger partial charge in [0, 0.05) is 10.7 Å². The van der Waals surface area contributed by atoms with Crippen molar-refractivity contribution in [3.05, 3.63) is 53.6 Å². The second-order valence-electron chi connectivity index (χ2n) is 6.69. The Balaban J connectivity index is 1.46. The van der Waals surface area contributed by atoms with Gasteiger partial charge in [-0.2, -0.15) is 5.11 Å². The molecule has 4 rings (SSSR count). The van der Waals surface area contributed by atoms with Gasteiger partial charge in [-0.1, -0.05) is 16.8 Å². The fourth-order valence-electron chi connectivity index (χ4n) is 3.35. The molecule has 0 unspecified atom stereocenters. The molecule has 9 nitrogen and oxygen atoms in total. The number of carbonyl (C=O) groups excluding carboxylic acids is 3. The third-order valence-electron chi connectivity index (χ3n) is 4.70. The number of nitrogens with zero attached hydrogens (tertiary/aromatic N) is 4. The Morgan fingerprint density at radius 3 is 2.47 bits per heavy atom. The number of benzene rings is 2. The molecule has 1 saturated heterocycles. The average Bonchev–Trinajstić information content (AvgIpc) is 3.24. The summed E-state index contributed by atoms with van der Waals surface area (Å²) < 4.78 is 5.39. The fourth-order valence-corrected chi connectivity index (χ4v) is 3.47. The van der Waals surface area contributed by atoms with Gasteiger partial charge in [0.25, 0.3) is 11.8 Å². The van der Waals surface area contributed by atoms with Crippen molar-refractivity contribution < 1.29 is 19.1 Å². The van der Waals surface area contributed by atoms with Crippen LogP contribution in [0.15, 0.2) is 58.9 Å². The smallest absolute Gasteiger partial charge is 0.263 e. The molecule has 2 aromatic carbocycles. The van der Waals surface area contributed by atoms with Gasteiger partial charge in [0.2, 0.25) is 5.91 Å². The van der Waals surface area contributed by atoms with Crippen LogP contribution in [0.2, 0.25) is 5.02 Å². The molecule has 154 valence electrons. The Morgan fingerprint density at radius 2 is 1.80 bits per heavy atom. The van der Waals surface area contributed by atoms with E-state index < -0.39 is 29.8 Å². The lowest BCUT2D eigenvalue weighted by Crippen LogP contribution is -2.43. The van der Waals surface area contributed by atoms with E-state index in [9.17, 15) is 14.4 Å². The van der Waals surface area contributed by atoms with Gasteiger partial charge in [0.1, 0.15) is 12.3 Å². The first-order valence-corrected chi connectivity index (χ1v) is 9.69. The van der Waals surface area contributed by atoms with Crippen molar-refractivity contribution in [1.82, 2.24) is 5.01 Å². The second-order valence-corrected chi connectivity index (χ2v) is 7.12. The molecule has 2 aromatic rings. The summed E-state index contributed by atoms with van der Waals surface area (Å²) in [6.07, 6.45) is 0. The normalized spacial score (nSPS) is 19.9. The molecule has 1 fully saturated rings. The van der Waals surface area contributed by atoms with Crippen molar-refractivity contribution in [1.29, 1.82) is 0 Å². The number of fused-ring (bicyclic) bond motifs is 1. The van der Waals surface area contributed by atoms with Crippen LogP contribution in [0.25, 0.3) is 0 Å². The maximum atomic E-state index is 13.0. The third kappa shape index (κ3) is 3.71. The number of nitrogens with one attached hydrogen (secondary N) is 1. The standard InChI is InChI=1S/C20H18ClN5O4/c1-2-30-15-9-7-14(8-10-15)26-19(28)17-18(20(26)29)25(24-23-17)11-16(27)22-13-5-3-12(21)4-6-13/h3-10,17-18H,2,11H2,1H3,(H,22,27)/t17-,18-/m0/s1. The number of carbonyl (C=O) groups is 3. The molecule has 0 radical (unpaired) electrons. The monoisotopic (exact) mass is 427 g/mol. The molecule has 0 aromatic heterocycles. The number of hydrogen-bond acceptors (Lipinski definition) is 7. The van der Waals surface area contributed by atoms with Crippen LogP contribution < -0.4 is 15.0 Å². The summed E-state index contributed by atoms with van der Waals surface area (Å²) in [5, 5.41) is 12.3. The topological polar surface area (TPSA) is 104 Å². The lowest BCUT2D eigenvalue weighted by atomic mass is 10.1. The Labute approximate surface area is 177 Å². The van der Waals surface area contributed by atoms with Crippen LogP contribution in [0.3, 0.4) is 0 Å². The van der Waals surface area contributed by atoms with E-state index in [2.05, 4.69) is 15.7 Å². The van der Waals surface area contributed by atoms with Gasteiger partial charge in [-0.3, -0.25) is 19.4 Å². The second kappa shape index (κ2) is 8.11. The molecule has 2 heterocycles. The summed E-state index contributed by atoms with van der Waals surface area (Å²) >= 11 is 5.84. The van der Waals surface area contributed by atoms with Crippen molar-refractivity contribution in [3.63, 3.8) is 0 Å². The molecular formula is C20H18ClN5O4. The SMILES string of the molecule is CCOc1ccc(N2C(=O)[C@H]3N=NN(CC(=O)Nc4ccc(Cl)cc4)[C@@H]3C2=O)cc1. The lowest BCUT2D eigenvalue weighted by molar-refractivity contribution is -0.123. The number of imide groups is 1. The lowest BCUT2D eigenvalue weighted by Gasteiger charge is -2.20. The number of rotatable bonds is 6. The summed E-state index contributed by atoms with van der Waals surface area (Å²) in [4.78, 5) is 39.2. The van der Waals surface area contributed by atoms with Crippen molar-refractivity contribution in [2.45, 2.75) is 19.0 Å². The van der Waals surface area contributed by atoms with E-state index in [0.717, 1.165) is 4.90 Å². The predicted octanol–water partition coefficient (Wildman–Crippen LogP) is 2.67. The fraction of sp³-hybridized carbons (Fsp3) is 0.250. The number of amides is 3. The van der Waals surface area contributed by atoms with Crippen LogP contribution in [-0.2, 0) is 14.4 Å². The number of ether oxygens (including phenoxy) is 1. The maximum Gasteiger partial charge on any atom is 0.263 e. The Bertz CT molecular complexity index is 1010. The predicted molar refractivity (Wildman–Crippen MR) is 109 cm³/mol. The van der Waals surface area contributed by atoms with Gasteiger partial charge in [0.15, 0.2) is 12.1 Å². The van der Waals surface area contributed by atoms with Crippen LogP contribution in [-0.4, -0.2) is 48.0 Å². The highest BCUT2D eigenvalue weighted by Gasteiger charge is 2.55. The quantitative estimate of drug-likeness (QED) is 0.714.